The molecule has 0 spiro atoms. The van der Waals surface area contributed by atoms with Gasteiger partial charge in [-0.15, -0.1) is 0 Å². The maximum atomic E-state index is 7.41. The number of para-hydroxylation sites is 2. The van der Waals surface area contributed by atoms with E-state index in [9.17, 15) is 0 Å². The van der Waals surface area contributed by atoms with E-state index in [1.807, 2.05) is 0 Å². The Bertz CT molecular complexity index is 2760. The monoisotopic (exact) mass is 709 g/mol. The highest BCUT2D eigenvalue weighted by atomic mass is 16.3. The van der Waals surface area contributed by atoms with Crippen LogP contribution < -0.4 is 4.57 Å². The highest BCUT2D eigenvalue weighted by Crippen LogP contribution is 2.51. The fraction of sp³-hybridized carbons (Fsp3) is 0.314. The number of benzene rings is 6. The standard InChI is InChI=1S/C51H53N2O/c1-30(2)38-28-35(33-16-12-11-13-17-33)29-39(31(3)4)46(38)53-42-19-15-14-18-41(42)52(10)49(53)43-32(5)20-23-36-37-24-21-34-22-25-40-45(44(34)48(37)54-47(36)43)51(8,9)27-26-50(40,6)7/h11-25,28-31H,26-27H2,1-10H3/q+1. The van der Waals surface area contributed by atoms with Gasteiger partial charge in [0.05, 0.1) is 7.05 Å². The van der Waals surface area contributed by atoms with Crippen molar-refractivity contribution in [1.29, 1.82) is 0 Å². The molecule has 0 atom stereocenters. The van der Waals surface area contributed by atoms with Gasteiger partial charge < -0.3 is 4.42 Å². The van der Waals surface area contributed by atoms with Crippen LogP contribution in [-0.4, -0.2) is 4.57 Å². The minimum atomic E-state index is 0.0433. The average molecular weight is 710 g/mol. The van der Waals surface area contributed by atoms with Crippen LogP contribution in [0.25, 0.3) is 71.9 Å². The van der Waals surface area contributed by atoms with Crippen LogP contribution in [-0.2, 0) is 17.9 Å². The van der Waals surface area contributed by atoms with Crippen molar-refractivity contribution in [2.75, 3.05) is 0 Å². The molecule has 3 nitrogen and oxygen atoms in total. The van der Waals surface area contributed by atoms with E-state index in [1.165, 1.54) is 83.6 Å². The minimum absolute atomic E-state index is 0.0433. The molecule has 2 heterocycles. The Kier molecular flexibility index (Phi) is 7.81. The van der Waals surface area contributed by atoms with Gasteiger partial charge in [0.2, 0.25) is 0 Å². The van der Waals surface area contributed by atoms with Crippen molar-refractivity contribution in [1.82, 2.24) is 4.57 Å². The van der Waals surface area contributed by atoms with E-state index in [0.717, 1.165) is 29.0 Å². The van der Waals surface area contributed by atoms with Gasteiger partial charge >= 0.3 is 0 Å². The first-order valence-electron chi connectivity index (χ1n) is 19.9. The summed E-state index contributed by atoms with van der Waals surface area (Å²) in [5.41, 5.74) is 16.3. The third kappa shape index (κ3) is 5.04. The van der Waals surface area contributed by atoms with E-state index in [2.05, 4.69) is 182 Å². The molecule has 0 fully saturated rings. The largest absolute Gasteiger partial charge is 0.454 e. The lowest BCUT2D eigenvalue weighted by Crippen LogP contribution is -2.34. The van der Waals surface area contributed by atoms with Gasteiger partial charge in [0.25, 0.3) is 5.82 Å². The topological polar surface area (TPSA) is 21.9 Å². The van der Waals surface area contributed by atoms with Gasteiger partial charge in [-0.1, -0.05) is 128 Å². The summed E-state index contributed by atoms with van der Waals surface area (Å²) >= 11 is 0. The quantitative estimate of drug-likeness (QED) is 0.163. The first-order chi connectivity index (χ1) is 25.8. The summed E-state index contributed by atoms with van der Waals surface area (Å²) in [6.45, 7) is 21.3. The number of nitrogens with zero attached hydrogens (tertiary/aromatic N) is 2. The molecular weight excluding hydrogens is 657 g/mol. The van der Waals surface area contributed by atoms with E-state index in [1.54, 1.807) is 0 Å². The Balaban J connectivity index is 1.42. The maximum absolute atomic E-state index is 7.41. The Morgan fingerprint density at radius 2 is 1.28 bits per heavy atom. The summed E-state index contributed by atoms with van der Waals surface area (Å²) in [5.74, 6) is 1.74. The molecule has 0 amide bonds. The summed E-state index contributed by atoms with van der Waals surface area (Å²) in [6.07, 6.45) is 2.34. The fourth-order valence-corrected chi connectivity index (χ4v) is 9.67. The molecule has 0 saturated carbocycles. The third-order valence-corrected chi connectivity index (χ3v) is 12.8. The van der Waals surface area contributed by atoms with Gasteiger partial charge in [-0.05, 0) is 106 Å². The summed E-state index contributed by atoms with van der Waals surface area (Å²) in [7, 11) is 2.23. The van der Waals surface area contributed by atoms with Crippen LogP contribution in [0.2, 0.25) is 0 Å². The van der Waals surface area contributed by atoms with Crippen molar-refractivity contribution in [2.24, 2.45) is 7.05 Å². The van der Waals surface area contributed by atoms with Crippen molar-refractivity contribution in [3.8, 4) is 28.2 Å². The number of furan rings is 1. The lowest BCUT2D eigenvalue weighted by atomic mass is 9.62. The van der Waals surface area contributed by atoms with Crippen LogP contribution in [0, 0.1) is 6.92 Å². The zero-order valence-corrected chi connectivity index (χ0v) is 33.7. The molecule has 0 radical (unpaired) electrons. The highest BCUT2D eigenvalue weighted by molar-refractivity contribution is 6.18. The Morgan fingerprint density at radius 1 is 0.667 bits per heavy atom. The van der Waals surface area contributed by atoms with E-state index < -0.39 is 0 Å². The SMILES string of the molecule is Cc1ccc2c(oc3c2ccc2ccc4c(c23)C(C)(C)CCC4(C)C)c1-c1n(-c2c(C(C)C)cc(-c3ccccc3)cc2C(C)C)c2ccccc2[n+]1C. The first-order valence-corrected chi connectivity index (χ1v) is 19.9. The molecule has 2 aromatic heterocycles. The molecule has 1 aliphatic rings. The molecule has 0 N–H and O–H groups in total. The van der Waals surface area contributed by atoms with E-state index in [-0.39, 0.29) is 10.8 Å². The minimum Gasteiger partial charge on any atom is -0.454 e. The number of hydrogen-bond acceptors (Lipinski definition) is 1. The summed E-state index contributed by atoms with van der Waals surface area (Å²) < 4.78 is 12.4. The second-order valence-electron chi connectivity index (χ2n) is 17.9. The van der Waals surface area contributed by atoms with Crippen LogP contribution >= 0.6 is 0 Å². The molecule has 0 bridgehead atoms. The summed E-state index contributed by atoms with van der Waals surface area (Å²) in [4.78, 5) is 0. The molecule has 0 aliphatic heterocycles. The molecular formula is C51H53N2O+. The molecule has 54 heavy (non-hydrogen) atoms. The van der Waals surface area contributed by atoms with Crippen LogP contribution in [0.15, 0.2) is 108 Å². The molecule has 0 unspecified atom stereocenters. The van der Waals surface area contributed by atoms with E-state index >= 15 is 0 Å². The highest BCUT2D eigenvalue weighted by Gasteiger charge is 2.40. The lowest BCUT2D eigenvalue weighted by molar-refractivity contribution is -0.633. The number of aromatic nitrogens is 2. The number of hydrogen-bond donors (Lipinski definition) is 0. The Morgan fingerprint density at radius 3 is 1.98 bits per heavy atom. The van der Waals surface area contributed by atoms with Crippen LogP contribution in [0.3, 0.4) is 0 Å². The zero-order valence-electron chi connectivity index (χ0n) is 33.7. The molecule has 0 saturated heterocycles. The molecule has 9 rings (SSSR count). The lowest BCUT2D eigenvalue weighted by Gasteiger charge is -2.42. The predicted octanol–water partition coefficient (Wildman–Crippen LogP) is 13.7. The number of imidazole rings is 1. The van der Waals surface area contributed by atoms with Crippen molar-refractivity contribution in [2.45, 2.75) is 97.8 Å². The average Bonchev–Trinajstić information content (AvgIpc) is 3.67. The fourth-order valence-electron chi connectivity index (χ4n) is 9.67. The number of fused-ring (bicyclic) bond motifs is 8. The van der Waals surface area contributed by atoms with Crippen LogP contribution in [0.5, 0.6) is 0 Å². The smallest absolute Gasteiger partial charge is 0.299 e. The van der Waals surface area contributed by atoms with Crippen molar-refractivity contribution < 1.29 is 8.98 Å². The van der Waals surface area contributed by atoms with Gasteiger partial charge in [-0.25, -0.2) is 4.57 Å². The van der Waals surface area contributed by atoms with E-state index in [0.29, 0.717) is 11.8 Å². The Labute approximate surface area is 320 Å². The van der Waals surface area contributed by atoms with Crippen molar-refractivity contribution in [3.63, 3.8) is 0 Å². The first kappa shape index (κ1) is 34.6. The third-order valence-electron chi connectivity index (χ3n) is 12.8. The van der Waals surface area contributed by atoms with E-state index in [4.69, 9.17) is 4.42 Å². The molecule has 3 heteroatoms. The summed E-state index contributed by atoms with van der Waals surface area (Å²) in [5, 5.41) is 4.90. The zero-order chi connectivity index (χ0) is 37.8. The number of aryl methyl sites for hydroxylation is 2. The molecule has 8 aromatic rings. The van der Waals surface area contributed by atoms with Crippen molar-refractivity contribution >= 4 is 43.7 Å². The molecule has 1 aliphatic carbocycles. The van der Waals surface area contributed by atoms with Crippen LogP contribution in [0.4, 0.5) is 0 Å². The maximum Gasteiger partial charge on any atom is 0.299 e. The van der Waals surface area contributed by atoms with Gasteiger partial charge in [0, 0.05) is 27.3 Å². The van der Waals surface area contributed by atoms with Gasteiger partial charge in [0.15, 0.2) is 16.6 Å². The van der Waals surface area contributed by atoms with Gasteiger partial charge in [-0.3, -0.25) is 0 Å². The summed E-state index contributed by atoms with van der Waals surface area (Å²) in [6, 6.07) is 38.5. The normalized spacial score (nSPS) is 15.3. The van der Waals surface area contributed by atoms with Gasteiger partial charge in [0.1, 0.15) is 16.8 Å². The van der Waals surface area contributed by atoms with Crippen molar-refractivity contribution in [3.05, 3.63) is 131 Å². The van der Waals surface area contributed by atoms with Crippen LogP contribution in [0.1, 0.15) is 108 Å². The van der Waals surface area contributed by atoms with Gasteiger partial charge in [-0.2, -0.15) is 4.57 Å². The number of rotatable bonds is 5. The Hall–Kier alpha value is -5.15. The second-order valence-corrected chi connectivity index (χ2v) is 17.9. The second kappa shape index (κ2) is 12.2. The predicted molar refractivity (Wildman–Crippen MR) is 228 cm³/mol. The molecule has 6 aromatic carbocycles. The molecule has 272 valence electrons.